The van der Waals surface area contributed by atoms with Gasteiger partial charge in [0.25, 0.3) is 0 Å². The summed E-state index contributed by atoms with van der Waals surface area (Å²) in [5.41, 5.74) is 3.78. The van der Waals surface area contributed by atoms with Gasteiger partial charge in [0.2, 0.25) is 5.91 Å². The molecule has 1 amide bonds. The summed E-state index contributed by atoms with van der Waals surface area (Å²) < 4.78 is 5.58. The van der Waals surface area contributed by atoms with Gasteiger partial charge in [0.1, 0.15) is 10.8 Å². The molecule has 132 valence electrons. The van der Waals surface area contributed by atoms with E-state index in [0.29, 0.717) is 41.8 Å². The van der Waals surface area contributed by atoms with Gasteiger partial charge in [-0.2, -0.15) is 0 Å². The Morgan fingerprint density at radius 2 is 2.00 bits per heavy atom. The smallest absolute Gasteiger partial charge is 0.220 e. The Balaban J connectivity index is 1.38. The van der Waals surface area contributed by atoms with Gasteiger partial charge in [-0.05, 0) is 35.2 Å². The summed E-state index contributed by atoms with van der Waals surface area (Å²) in [6.07, 6.45) is 1.02. The second-order valence-corrected chi connectivity index (χ2v) is 6.77. The number of hydrogen-bond donors (Lipinski definition) is 2. The first-order chi connectivity index (χ1) is 12.1. The highest BCUT2D eigenvalue weighted by atomic mass is 35.5. The van der Waals surface area contributed by atoms with Crippen molar-refractivity contribution in [1.82, 2.24) is 10.6 Å². The maximum atomic E-state index is 12.0. The van der Waals surface area contributed by atoms with E-state index in [2.05, 4.69) is 28.8 Å². The van der Waals surface area contributed by atoms with Crippen LogP contribution in [0.25, 0.3) is 0 Å². The van der Waals surface area contributed by atoms with E-state index in [9.17, 15) is 4.79 Å². The number of hydrogen-bond acceptors (Lipinski definition) is 3. The lowest BCUT2D eigenvalue weighted by Crippen LogP contribution is -2.23. The van der Waals surface area contributed by atoms with Crippen molar-refractivity contribution in [3.8, 4) is 5.75 Å². The molecular weight excluding hydrogens is 359 g/mol. The predicted octanol–water partition coefficient (Wildman–Crippen LogP) is 4.07. The lowest BCUT2D eigenvalue weighted by molar-refractivity contribution is -0.121. The third kappa shape index (κ3) is 4.88. The van der Waals surface area contributed by atoms with Crippen LogP contribution in [-0.4, -0.2) is 12.5 Å². The zero-order chi connectivity index (χ0) is 17.6. The Labute approximate surface area is 157 Å². The Kier molecular flexibility index (Phi) is 6.19. The van der Waals surface area contributed by atoms with Gasteiger partial charge in [0.15, 0.2) is 0 Å². The van der Waals surface area contributed by atoms with Gasteiger partial charge < -0.3 is 15.4 Å². The molecule has 1 aliphatic rings. The van der Waals surface area contributed by atoms with Crippen molar-refractivity contribution in [2.45, 2.75) is 32.5 Å². The van der Waals surface area contributed by atoms with Crippen LogP contribution in [-0.2, 0) is 24.4 Å². The molecule has 0 unspecified atom stereocenters. The van der Waals surface area contributed by atoms with E-state index >= 15 is 0 Å². The average molecular weight is 379 g/mol. The van der Waals surface area contributed by atoms with Gasteiger partial charge in [-0.25, -0.2) is 0 Å². The molecule has 0 saturated carbocycles. The van der Waals surface area contributed by atoms with Crippen LogP contribution in [0.15, 0.2) is 36.4 Å². The number of fused-ring (bicyclic) bond motifs is 1. The van der Waals surface area contributed by atoms with E-state index in [4.69, 9.17) is 27.9 Å². The molecule has 4 nitrogen and oxygen atoms in total. The predicted molar refractivity (Wildman–Crippen MR) is 100 cm³/mol. The highest BCUT2D eigenvalue weighted by Crippen LogP contribution is 2.31. The van der Waals surface area contributed by atoms with Crippen LogP contribution in [0.5, 0.6) is 5.75 Å². The zero-order valence-electron chi connectivity index (χ0n) is 13.8. The molecule has 1 heterocycles. The number of amides is 1. The van der Waals surface area contributed by atoms with Crippen molar-refractivity contribution in [2.24, 2.45) is 0 Å². The first-order valence-electron chi connectivity index (χ1n) is 8.28. The number of ether oxygens (including phenoxy) is 1. The maximum absolute atomic E-state index is 12.0. The molecule has 2 N–H and O–H groups in total. The first-order valence-corrected chi connectivity index (χ1v) is 9.04. The third-order valence-electron chi connectivity index (χ3n) is 4.11. The fourth-order valence-electron chi connectivity index (χ4n) is 2.76. The number of nitrogens with one attached hydrogen (secondary N) is 2. The van der Waals surface area contributed by atoms with Crippen LogP contribution in [0.1, 0.15) is 29.5 Å². The highest BCUT2D eigenvalue weighted by molar-refractivity contribution is 6.42. The van der Waals surface area contributed by atoms with E-state index in [1.807, 2.05) is 0 Å². The minimum Gasteiger partial charge on any atom is -0.492 e. The molecular formula is C19H20Cl2N2O2. The number of rotatable bonds is 7. The summed E-state index contributed by atoms with van der Waals surface area (Å²) in [5, 5.41) is 7.13. The molecule has 6 heteroatoms. The van der Waals surface area contributed by atoms with Gasteiger partial charge in [0, 0.05) is 26.1 Å². The van der Waals surface area contributed by atoms with E-state index in [1.54, 1.807) is 18.2 Å². The minimum absolute atomic E-state index is 0.0133. The van der Waals surface area contributed by atoms with Gasteiger partial charge in [-0.3, -0.25) is 4.79 Å². The van der Waals surface area contributed by atoms with Crippen LogP contribution >= 0.6 is 23.2 Å². The van der Waals surface area contributed by atoms with Crippen molar-refractivity contribution in [3.63, 3.8) is 0 Å². The molecule has 0 saturated heterocycles. The molecule has 3 rings (SSSR count). The van der Waals surface area contributed by atoms with Crippen molar-refractivity contribution >= 4 is 29.1 Å². The molecule has 0 bridgehead atoms. The van der Waals surface area contributed by atoms with Crippen molar-refractivity contribution in [2.75, 3.05) is 6.61 Å². The van der Waals surface area contributed by atoms with Crippen molar-refractivity contribution in [3.05, 3.63) is 63.1 Å². The second-order valence-electron chi connectivity index (χ2n) is 5.99. The van der Waals surface area contributed by atoms with Crippen LogP contribution in [0.3, 0.4) is 0 Å². The normalized spacial score (nSPS) is 12.7. The summed E-state index contributed by atoms with van der Waals surface area (Å²) in [7, 11) is 0. The Bertz CT molecular complexity index is 765. The Morgan fingerprint density at radius 3 is 2.88 bits per heavy atom. The van der Waals surface area contributed by atoms with Crippen LogP contribution in [0.2, 0.25) is 10.0 Å². The fourth-order valence-corrected chi connectivity index (χ4v) is 3.10. The Hall–Kier alpha value is -1.75. The molecule has 1 aliphatic heterocycles. The SMILES string of the molecule is O=C(CCCOc1cccc(Cl)c1Cl)NCc1ccc2c(c1)CNC2. The van der Waals surface area contributed by atoms with Crippen LogP contribution in [0, 0.1) is 0 Å². The molecule has 25 heavy (non-hydrogen) atoms. The van der Waals surface area contributed by atoms with Gasteiger partial charge in [0.05, 0.1) is 11.6 Å². The lowest BCUT2D eigenvalue weighted by Gasteiger charge is -2.09. The van der Waals surface area contributed by atoms with E-state index in [1.165, 1.54) is 11.1 Å². The largest absolute Gasteiger partial charge is 0.492 e. The van der Waals surface area contributed by atoms with E-state index in [0.717, 1.165) is 18.7 Å². The molecule has 0 aliphatic carbocycles. The summed E-state index contributed by atoms with van der Waals surface area (Å²) in [5.74, 6) is 0.556. The van der Waals surface area contributed by atoms with Gasteiger partial charge >= 0.3 is 0 Å². The number of benzene rings is 2. The van der Waals surface area contributed by atoms with Gasteiger partial charge in [-0.1, -0.05) is 47.5 Å². The summed E-state index contributed by atoms with van der Waals surface area (Å²) >= 11 is 12.0. The first kappa shape index (κ1) is 18.1. The third-order valence-corrected chi connectivity index (χ3v) is 4.91. The molecule has 2 aromatic carbocycles. The number of carbonyl (C=O) groups excluding carboxylic acids is 1. The molecule has 0 radical (unpaired) electrons. The maximum Gasteiger partial charge on any atom is 0.220 e. The van der Waals surface area contributed by atoms with Crippen molar-refractivity contribution < 1.29 is 9.53 Å². The number of carbonyl (C=O) groups is 1. The van der Waals surface area contributed by atoms with Crippen LogP contribution in [0.4, 0.5) is 0 Å². The lowest BCUT2D eigenvalue weighted by atomic mass is 10.1. The topological polar surface area (TPSA) is 50.4 Å². The van der Waals surface area contributed by atoms with Gasteiger partial charge in [-0.15, -0.1) is 0 Å². The quantitative estimate of drug-likeness (QED) is 0.713. The summed E-state index contributed by atoms with van der Waals surface area (Å²) in [4.78, 5) is 12.0. The summed E-state index contributed by atoms with van der Waals surface area (Å²) in [6, 6.07) is 11.6. The minimum atomic E-state index is 0.0133. The second kappa shape index (κ2) is 8.56. The molecule has 0 atom stereocenters. The molecule has 0 aromatic heterocycles. The summed E-state index contributed by atoms with van der Waals surface area (Å²) in [6.45, 7) is 2.80. The van der Waals surface area contributed by atoms with Crippen molar-refractivity contribution in [1.29, 1.82) is 0 Å². The number of halogens is 2. The van der Waals surface area contributed by atoms with E-state index < -0.39 is 0 Å². The zero-order valence-corrected chi connectivity index (χ0v) is 15.3. The van der Waals surface area contributed by atoms with E-state index in [-0.39, 0.29) is 5.91 Å². The Morgan fingerprint density at radius 1 is 1.16 bits per heavy atom. The van der Waals surface area contributed by atoms with Crippen LogP contribution < -0.4 is 15.4 Å². The molecule has 0 spiro atoms. The molecule has 0 fully saturated rings. The average Bonchev–Trinajstić information content (AvgIpc) is 3.08. The monoisotopic (exact) mass is 378 g/mol. The highest BCUT2D eigenvalue weighted by Gasteiger charge is 2.10. The fraction of sp³-hybridized carbons (Fsp3) is 0.316. The molecule has 2 aromatic rings. The standard InChI is InChI=1S/C19H20Cl2N2O2/c20-16-3-1-4-17(19(16)21)25-8-2-5-18(24)23-10-13-6-7-14-11-22-12-15(14)9-13/h1,3-4,6-7,9,22H,2,5,8,10-12H2,(H,23,24).